The van der Waals surface area contributed by atoms with Crippen molar-refractivity contribution in [3.05, 3.63) is 0 Å². The van der Waals surface area contributed by atoms with Gasteiger partial charge in [-0.3, -0.25) is 14.8 Å². The van der Waals surface area contributed by atoms with E-state index in [2.05, 4.69) is 26.9 Å². The molecule has 3 rings (SSSR count). The van der Waals surface area contributed by atoms with E-state index in [1.54, 1.807) is 0 Å². The van der Waals surface area contributed by atoms with Crippen molar-refractivity contribution in [1.29, 1.82) is 0 Å². The first-order valence-electron chi connectivity index (χ1n) is 10.0. The average molecular weight is 354 g/mol. The molecule has 0 aromatic rings. The molecule has 0 spiro atoms. The average Bonchev–Trinajstić information content (AvgIpc) is 3.16. The van der Waals surface area contributed by atoms with Gasteiger partial charge in [0.25, 0.3) is 0 Å². The van der Waals surface area contributed by atoms with Gasteiger partial charge in [0.15, 0.2) is 5.96 Å². The molecule has 3 aliphatic rings. The van der Waals surface area contributed by atoms with Crippen LogP contribution in [-0.4, -0.2) is 112 Å². The van der Waals surface area contributed by atoms with Crippen molar-refractivity contribution in [2.24, 2.45) is 4.99 Å². The van der Waals surface area contributed by atoms with Crippen LogP contribution in [0.4, 0.5) is 0 Å². The number of hydrogen-bond donors (Lipinski definition) is 1. The highest BCUT2D eigenvalue weighted by molar-refractivity contribution is 5.80. The molecule has 0 amide bonds. The smallest absolute Gasteiger partial charge is 0.193 e. The van der Waals surface area contributed by atoms with Crippen molar-refractivity contribution in [3.8, 4) is 0 Å². The number of nitrogens with one attached hydrogen (secondary N) is 1. The maximum atomic E-state index is 5.48. The molecule has 3 fully saturated rings. The van der Waals surface area contributed by atoms with Crippen LogP contribution in [0.1, 0.15) is 19.8 Å². The molecule has 3 heterocycles. The van der Waals surface area contributed by atoms with Crippen LogP contribution < -0.4 is 5.32 Å². The summed E-state index contributed by atoms with van der Waals surface area (Å²) < 4.78 is 10.9. The van der Waals surface area contributed by atoms with Gasteiger partial charge in [0, 0.05) is 64.9 Å². The first-order chi connectivity index (χ1) is 12.4. The Bertz CT molecular complexity index is 408. The molecular weight excluding hydrogens is 318 g/mol. The minimum atomic E-state index is 0.654. The molecule has 1 unspecified atom stereocenters. The van der Waals surface area contributed by atoms with Crippen LogP contribution in [-0.2, 0) is 9.47 Å². The lowest BCUT2D eigenvalue weighted by atomic mass is 10.2. The second kappa shape index (κ2) is 10.3. The summed E-state index contributed by atoms with van der Waals surface area (Å²) >= 11 is 0. The minimum Gasteiger partial charge on any atom is -0.379 e. The van der Waals surface area contributed by atoms with Gasteiger partial charge in [-0.1, -0.05) is 0 Å². The molecule has 7 nitrogen and oxygen atoms in total. The molecule has 1 atom stereocenters. The van der Waals surface area contributed by atoms with Crippen molar-refractivity contribution in [2.75, 3.05) is 85.3 Å². The van der Waals surface area contributed by atoms with Gasteiger partial charge in [0.2, 0.25) is 0 Å². The maximum absolute atomic E-state index is 5.48. The molecule has 1 N–H and O–H groups in total. The monoisotopic (exact) mass is 353 g/mol. The van der Waals surface area contributed by atoms with Crippen molar-refractivity contribution >= 4 is 5.96 Å². The fraction of sp³-hybridized carbons (Fsp3) is 0.944. The normalized spacial score (nSPS) is 27.0. The Kier molecular flexibility index (Phi) is 7.79. The zero-order valence-electron chi connectivity index (χ0n) is 15.8. The molecule has 7 heteroatoms. The Hall–Kier alpha value is -0.890. The predicted molar refractivity (Wildman–Crippen MR) is 100 cm³/mol. The van der Waals surface area contributed by atoms with Gasteiger partial charge in [-0.15, -0.1) is 0 Å². The van der Waals surface area contributed by atoms with Crippen LogP contribution in [0.3, 0.4) is 0 Å². The largest absolute Gasteiger partial charge is 0.379 e. The van der Waals surface area contributed by atoms with E-state index in [4.69, 9.17) is 14.5 Å². The highest BCUT2D eigenvalue weighted by Crippen LogP contribution is 2.17. The van der Waals surface area contributed by atoms with Gasteiger partial charge in [-0.05, 0) is 19.8 Å². The Morgan fingerprint density at radius 2 is 1.76 bits per heavy atom. The van der Waals surface area contributed by atoms with E-state index in [0.717, 1.165) is 97.7 Å². The Balaban J connectivity index is 1.43. The maximum Gasteiger partial charge on any atom is 0.193 e. The van der Waals surface area contributed by atoms with Gasteiger partial charge in [-0.2, -0.15) is 0 Å². The molecule has 0 aromatic carbocycles. The summed E-state index contributed by atoms with van der Waals surface area (Å²) in [4.78, 5) is 12.4. The fourth-order valence-corrected chi connectivity index (χ4v) is 3.90. The molecule has 3 saturated heterocycles. The zero-order valence-corrected chi connectivity index (χ0v) is 15.8. The molecule has 0 radical (unpaired) electrons. The summed E-state index contributed by atoms with van der Waals surface area (Å²) in [5.41, 5.74) is 0. The van der Waals surface area contributed by atoms with Crippen molar-refractivity contribution in [1.82, 2.24) is 20.0 Å². The van der Waals surface area contributed by atoms with Gasteiger partial charge in [-0.25, -0.2) is 0 Å². The number of nitrogens with zero attached hydrogens (tertiary/aromatic N) is 4. The predicted octanol–water partition coefficient (Wildman–Crippen LogP) is 0.0807. The van der Waals surface area contributed by atoms with Crippen LogP contribution >= 0.6 is 0 Å². The summed E-state index contributed by atoms with van der Waals surface area (Å²) in [5, 5.41) is 3.49. The number of aliphatic imine (C=N–C) groups is 1. The molecule has 25 heavy (non-hydrogen) atoms. The van der Waals surface area contributed by atoms with Crippen molar-refractivity contribution in [2.45, 2.75) is 25.8 Å². The highest BCUT2D eigenvalue weighted by Gasteiger charge is 2.30. The number of likely N-dealkylation sites (tertiary alicyclic amines) is 1. The number of ether oxygens (including phenoxy) is 2. The lowest BCUT2D eigenvalue weighted by Gasteiger charge is -2.32. The van der Waals surface area contributed by atoms with Crippen LogP contribution in [0.15, 0.2) is 4.99 Å². The molecular formula is C18H35N5O2. The van der Waals surface area contributed by atoms with E-state index in [1.165, 1.54) is 6.42 Å². The highest BCUT2D eigenvalue weighted by atomic mass is 16.5. The van der Waals surface area contributed by atoms with Gasteiger partial charge in [0.1, 0.15) is 0 Å². The topological polar surface area (TPSA) is 52.6 Å². The van der Waals surface area contributed by atoms with Crippen LogP contribution in [0.25, 0.3) is 0 Å². The van der Waals surface area contributed by atoms with Crippen LogP contribution in [0.5, 0.6) is 0 Å². The number of hydrogen-bond acceptors (Lipinski definition) is 5. The quantitative estimate of drug-likeness (QED) is 0.415. The summed E-state index contributed by atoms with van der Waals surface area (Å²) in [6.07, 6.45) is 2.35. The van der Waals surface area contributed by atoms with Gasteiger partial charge in [0.05, 0.1) is 26.4 Å². The molecule has 0 aromatic heterocycles. The van der Waals surface area contributed by atoms with E-state index in [0.29, 0.717) is 6.04 Å². The third-order valence-electron chi connectivity index (χ3n) is 5.36. The Morgan fingerprint density at radius 3 is 2.48 bits per heavy atom. The fourth-order valence-electron chi connectivity index (χ4n) is 3.90. The van der Waals surface area contributed by atoms with Crippen molar-refractivity contribution in [3.63, 3.8) is 0 Å². The third kappa shape index (κ3) is 5.81. The zero-order chi connectivity index (χ0) is 17.3. The lowest BCUT2D eigenvalue weighted by molar-refractivity contribution is 0.0195. The summed E-state index contributed by atoms with van der Waals surface area (Å²) in [6.45, 7) is 15.1. The van der Waals surface area contributed by atoms with E-state index in [1.807, 2.05) is 0 Å². The second-order valence-electron chi connectivity index (χ2n) is 7.08. The Morgan fingerprint density at radius 1 is 1.04 bits per heavy atom. The molecule has 3 aliphatic heterocycles. The minimum absolute atomic E-state index is 0.654. The second-order valence-corrected chi connectivity index (χ2v) is 7.08. The summed E-state index contributed by atoms with van der Waals surface area (Å²) in [5.74, 6) is 1.10. The van der Waals surface area contributed by atoms with Crippen LogP contribution in [0, 0.1) is 0 Å². The number of guanidine groups is 1. The van der Waals surface area contributed by atoms with E-state index >= 15 is 0 Å². The van der Waals surface area contributed by atoms with E-state index < -0.39 is 0 Å². The molecule has 144 valence electrons. The van der Waals surface area contributed by atoms with Gasteiger partial charge < -0.3 is 19.7 Å². The summed E-state index contributed by atoms with van der Waals surface area (Å²) in [6, 6.07) is 0.654. The first-order valence-corrected chi connectivity index (χ1v) is 10.0. The Labute approximate surface area is 152 Å². The molecule has 0 aliphatic carbocycles. The number of rotatable bonds is 6. The summed E-state index contributed by atoms with van der Waals surface area (Å²) in [7, 11) is 0. The van der Waals surface area contributed by atoms with Crippen molar-refractivity contribution < 1.29 is 9.47 Å². The van der Waals surface area contributed by atoms with Gasteiger partial charge >= 0.3 is 0 Å². The SMILES string of the molecule is CCNC(=NCCCN1CCOCC1)N1CCC(N2CCOCC2)C1. The van der Waals surface area contributed by atoms with E-state index in [9.17, 15) is 0 Å². The standard InChI is InChI=1S/C18H35N5O2/c1-2-19-18(20-5-3-6-21-8-12-24-13-9-21)23-7-4-17(16-23)22-10-14-25-15-11-22/h17H,2-16H2,1H3,(H,19,20). The molecule has 0 bridgehead atoms. The molecule has 0 saturated carbocycles. The van der Waals surface area contributed by atoms with Crippen LogP contribution in [0.2, 0.25) is 0 Å². The van der Waals surface area contributed by atoms with E-state index in [-0.39, 0.29) is 0 Å². The third-order valence-corrected chi connectivity index (χ3v) is 5.36. The lowest BCUT2D eigenvalue weighted by Crippen LogP contribution is -2.46. The first kappa shape index (κ1) is 18.9. The number of morpholine rings is 2.